The third kappa shape index (κ3) is 4.46. The standard InChI is InChI=1S/C16H15Cl2F3N4/c17-10-6-3-7-11(14(10)18)23-13-8-12(16(19,20)21)24-15(25-13)22-9-4-1-2-5-9/h3,6-9H,1-2,4-5H2,(H2,22,23,24,25). The number of rotatable bonds is 4. The number of benzene rings is 1. The van der Waals surface area contributed by atoms with E-state index in [-0.39, 0.29) is 22.8 Å². The highest BCUT2D eigenvalue weighted by molar-refractivity contribution is 6.43. The van der Waals surface area contributed by atoms with Crippen LogP contribution in [0.4, 0.5) is 30.6 Å². The molecule has 0 unspecified atom stereocenters. The van der Waals surface area contributed by atoms with Crippen LogP contribution in [0.5, 0.6) is 0 Å². The first-order valence-electron chi connectivity index (χ1n) is 7.77. The van der Waals surface area contributed by atoms with Crippen LogP contribution in [-0.2, 0) is 6.18 Å². The number of aromatic nitrogens is 2. The summed E-state index contributed by atoms with van der Waals surface area (Å²) < 4.78 is 39.5. The minimum absolute atomic E-state index is 0.00742. The summed E-state index contributed by atoms with van der Waals surface area (Å²) in [4.78, 5) is 7.74. The zero-order valence-corrected chi connectivity index (χ0v) is 14.5. The van der Waals surface area contributed by atoms with Gasteiger partial charge in [0.05, 0.1) is 15.7 Å². The summed E-state index contributed by atoms with van der Waals surface area (Å²) >= 11 is 12.0. The molecule has 0 spiro atoms. The van der Waals surface area contributed by atoms with Crippen LogP contribution in [0.1, 0.15) is 31.4 Å². The van der Waals surface area contributed by atoms with Gasteiger partial charge in [-0.1, -0.05) is 42.1 Å². The van der Waals surface area contributed by atoms with E-state index < -0.39 is 11.9 Å². The van der Waals surface area contributed by atoms with E-state index in [9.17, 15) is 13.2 Å². The van der Waals surface area contributed by atoms with Gasteiger partial charge in [-0.05, 0) is 25.0 Å². The van der Waals surface area contributed by atoms with Crippen molar-refractivity contribution in [2.24, 2.45) is 0 Å². The Morgan fingerprint density at radius 1 is 1.08 bits per heavy atom. The van der Waals surface area contributed by atoms with Crippen molar-refractivity contribution in [3.63, 3.8) is 0 Å². The van der Waals surface area contributed by atoms with Crippen molar-refractivity contribution in [1.29, 1.82) is 0 Å². The van der Waals surface area contributed by atoms with Crippen molar-refractivity contribution in [2.45, 2.75) is 37.9 Å². The third-order valence-electron chi connectivity index (χ3n) is 3.92. The van der Waals surface area contributed by atoms with Gasteiger partial charge < -0.3 is 10.6 Å². The van der Waals surface area contributed by atoms with E-state index in [0.717, 1.165) is 31.7 Å². The molecule has 25 heavy (non-hydrogen) atoms. The van der Waals surface area contributed by atoms with Gasteiger partial charge >= 0.3 is 6.18 Å². The molecule has 2 aromatic rings. The minimum Gasteiger partial charge on any atom is -0.351 e. The van der Waals surface area contributed by atoms with Gasteiger partial charge in [-0.3, -0.25) is 0 Å². The Morgan fingerprint density at radius 3 is 2.48 bits per heavy atom. The second kappa shape index (κ2) is 7.25. The molecular weight excluding hydrogens is 376 g/mol. The van der Waals surface area contributed by atoms with Crippen molar-refractivity contribution in [3.8, 4) is 0 Å². The second-order valence-electron chi connectivity index (χ2n) is 5.81. The van der Waals surface area contributed by atoms with Crippen LogP contribution in [-0.4, -0.2) is 16.0 Å². The summed E-state index contributed by atoms with van der Waals surface area (Å²) in [5.74, 6) is -0.0608. The van der Waals surface area contributed by atoms with E-state index in [1.807, 2.05) is 0 Å². The lowest BCUT2D eigenvalue weighted by Gasteiger charge is -2.16. The predicted molar refractivity (Wildman–Crippen MR) is 92.7 cm³/mol. The molecule has 2 N–H and O–H groups in total. The van der Waals surface area contributed by atoms with Gasteiger partial charge in [0.2, 0.25) is 5.95 Å². The minimum atomic E-state index is -4.58. The van der Waals surface area contributed by atoms with Crippen LogP contribution in [0.2, 0.25) is 10.0 Å². The molecule has 1 aromatic carbocycles. The molecule has 0 saturated heterocycles. The molecule has 0 bridgehead atoms. The number of anilines is 3. The van der Waals surface area contributed by atoms with Crippen LogP contribution in [0.15, 0.2) is 24.3 Å². The highest BCUT2D eigenvalue weighted by Gasteiger charge is 2.34. The lowest BCUT2D eigenvalue weighted by molar-refractivity contribution is -0.141. The molecule has 0 amide bonds. The molecule has 0 atom stereocenters. The smallest absolute Gasteiger partial charge is 0.351 e. The molecule has 1 aliphatic carbocycles. The maximum absolute atomic E-state index is 13.2. The largest absolute Gasteiger partial charge is 0.433 e. The lowest BCUT2D eigenvalue weighted by Crippen LogP contribution is -2.19. The summed E-state index contributed by atoms with van der Waals surface area (Å²) in [5.41, 5.74) is -0.656. The maximum Gasteiger partial charge on any atom is 0.433 e. The first-order valence-corrected chi connectivity index (χ1v) is 8.52. The molecule has 9 heteroatoms. The predicted octanol–water partition coefficient (Wildman–Crippen LogP) is 5.90. The number of alkyl halides is 3. The van der Waals surface area contributed by atoms with E-state index in [0.29, 0.717) is 10.7 Å². The SMILES string of the molecule is FC(F)(F)c1cc(Nc2cccc(Cl)c2Cl)nc(NC2CCCC2)n1. The first kappa shape index (κ1) is 18.1. The molecule has 1 aliphatic rings. The fraction of sp³-hybridized carbons (Fsp3) is 0.375. The fourth-order valence-electron chi connectivity index (χ4n) is 2.71. The molecule has 1 saturated carbocycles. The van der Waals surface area contributed by atoms with Crippen LogP contribution < -0.4 is 10.6 Å². The van der Waals surface area contributed by atoms with Gasteiger partial charge in [-0.2, -0.15) is 18.2 Å². The van der Waals surface area contributed by atoms with Gasteiger partial charge in [0, 0.05) is 12.1 Å². The van der Waals surface area contributed by atoms with Crippen molar-refractivity contribution in [1.82, 2.24) is 9.97 Å². The third-order valence-corrected chi connectivity index (χ3v) is 4.74. The number of hydrogen-bond donors (Lipinski definition) is 2. The average molecular weight is 391 g/mol. The summed E-state index contributed by atoms with van der Waals surface area (Å²) in [6.07, 6.45) is -0.714. The number of nitrogens with one attached hydrogen (secondary N) is 2. The summed E-state index contributed by atoms with van der Waals surface area (Å²) in [5, 5.41) is 6.27. The summed E-state index contributed by atoms with van der Waals surface area (Å²) in [6, 6.07) is 5.76. The van der Waals surface area contributed by atoms with Gasteiger partial charge in [-0.15, -0.1) is 0 Å². The van der Waals surface area contributed by atoms with Crippen LogP contribution in [0.25, 0.3) is 0 Å². The molecule has 0 radical (unpaired) electrons. The van der Waals surface area contributed by atoms with Crippen LogP contribution >= 0.6 is 23.2 Å². The van der Waals surface area contributed by atoms with Gasteiger partial charge in [0.15, 0.2) is 5.69 Å². The maximum atomic E-state index is 13.2. The Labute approximate surface area is 152 Å². The van der Waals surface area contributed by atoms with E-state index in [4.69, 9.17) is 23.2 Å². The number of halogens is 5. The second-order valence-corrected chi connectivity index (χ2v) is 6.60. The van der Waals surface area contributed by atoms with Crippen LogP contribution in [0, 0.1) is 0 Å². The van der Waals surface area contributed by atoms with Crippen LogP contribution in [0.3, 0.4) is 0 Å². The lowest BCUT2D eigenvalue weighted by atomic mass is 10.2. The normalized spacial score (nSPS) is 15.4. The molecule has 134 valence electrons. The first-order chi connectivity index (χ1) is 11.8. The molecule has 1 heterocycles. The fourth-order valence-corrected chi connectivity index (χ4v) is 3.06. The Bertz CT molecular complexity index is 762. The zero-order valence-electron chi connectivity index (χ0n) is 13.0. The molecule has 0 aliphatic heterocycles. The monoisotopic (exact) mass is 390 g/mol. The topological polar surface area (TPSA) is 49.8 Å². The Balaban J connectivity index is 1.92. The van der Waals surface area contributed by atoms with Gasteiger partial charge in [0.25, 0.3) is 0 Å². The molecule has 3 rings (SSSR count). The summed E-state index contributed by atoms with van der Waals surface area (Å²) in [7, 11) is 0. The average Bonchev–Trinajstić information content (AvgIpc) is 3.04. The molecular formula is C16H15Cl2F3N4. The Kier molecular flexibility index (Phi) is 5.24. The Morgan fingerprint density at radius 2 is 1.80 bits per heavy atom. The van der Waals surface area contributed by atoms with Gasteiger partial charge in [-0.25, -0.2) is 4.98 Å². The zero-order chi connectivity index (χ0) is 18.0. The van der Waals surface area contributed by atoms with E-state index in [1.54, 1.807) is 18.2 Å². The van der Waals surface area contributed by atoms with Crippen molar-refractivity contribution in [2.75, 3.05) is 10.6 Å². The highest BCUT2D eigenvalue weighted by Crippen LogP contribution is 2.34. The van der Waals surface area contributed by atoms with E-state index in [2.05, 4.69) is 20.6 Å². The Hall–Kier alpha value is -1.73. The van der Waals surface area contributed by atoms with Gasteiger partial charge in [0.1, 0.15) is 5.82 Å². The molecule has 4 nitrogen and oxygen atoms in total. The summed E-state index contributed by atoms with van der Waals surface area (Å²) in [6.45, 7) is 0. The number of nitrogens with zero attached hydrogens (tertiary/aromatic N) is 2. The highest BCUT2D eigenvalue weighted by atomic mass is 35.5. The molecule has 1 fully saturated rings. The van der Waals surface area contributed by atoms with E-state index >= 15 is 0 Å². The van der Waals surface area contributed by atoms with E-state index in [1.165, 1.54) is 0 Å². The van der Waals surface area contributed by atoms with Crippen molar-refractivity contribution in [3.05, 3.63) is 40.0 Å². The molecule has 1 aromatic heterocycles. The quantitative estimate of drug-likeness (QED) is 0.681. The van der Waals surface area contributed by atoms with Crippen molar-refractivity contribution >= 4 is 40.7 Å². The van der Waals surface area contributed by atoms with Crippen molar-refractivity contribution < 1.29 is 13.2 Å². The number of hydrogen-bond acceptors (Lipinski definition) is 4.